The fourth-order valence-corrected chi connectivity index (χ4v) is 4.55. The maximum atomic E-state index is 13.0. The maximum absolute atomic E-state index is 13.0. The predicted molar refractivity (Wildman–Crippen MR) is 87.7 cm³/mol. The van der Waals surface area contributed by atoms with Crippen LogP contribution in [-0.2, 0) is 14.8 Å². The first kappa shape index (κ1) is 16.6. The molecule has 24 heavy (non-hydrogen) atoms. The van der Waals surface area contributed by atoms with E-state index in [1.165, 1.54) is 12.1 Å². The van der Waals surface area contributed by atoms with Crippen LogP contribution in [0.5, 0.6) is 0 Å². The molecule has 0 radical (unpaired) electrons. The van der Waals surface area contributed by atoms with Gasteiger partial charge in [-0.3, -0.25) is 15.0 Å². The van der Waals surface area contributed by atoms with Crippen LogP contribution < -0.4 is 5.48 Å². The van der Waals surface area contributed by atoms with E-state index in [-0.39, 0.29) is 17.4 Å². The van der Waals surface area contributed by atoms with E-state index in [4.69, 9.17) is 5.21 Å². The minimum absolute atomic E-state index is 0.0653. The Labute approximate surface area is 139 Å². The van der Waals surface area contributed by atoms with Crippen LogP contribution >= 0.6 is 0 Å². The van der Waals surface area contributed by atoms with Crippen LogP contribution in [-0.4, -0.2) is 41.4 Å². The van der Waals surface area contributed by atoms with E-state index in [1.807, 2.05) is 0 Å². The summed E-state index contributed by atoms with van der Waals surface area (Å²) in [4.78, 5) is 16.2. The third-order valence-electron chi connectivity index (χ3n) is 4.09. The zero-order chi connectivity index (χ0) is 17.3. The average Bonchev–Trinajstić information content (AvgIpc) is 2.60. The molecule has 2 atom stereocenters. The van der Waals surface area contributed by atoms with Crippen molar-refractivity contribution in [3.8, 4) is 0 Å². The highest BCUT2D eigenvalue weighted by Crippen LogP contribution is 2.27. The fourth-order valence-electron chi connectivity index (χ4n) is 2.89. The van der Waals surface area contributed by atoms with Gasteiger partial charge < -0.3 is 0 Å². The van der Waals surface area contributed by atoms with Crippen molar-refractivity contribution in [3.63, 3.8) is 0 Å². The van der Waals surface area contributed by atoms with Crippen molar-refractivity contribution in [2.75, 3.05) is 6.54 Å². The molecule has 0 aliphatic carbocycles. The normalized spacial score (nSPS) is 21.8. The maximum Gasteiger partial charge on any atom is 0.262 e. The second kappa shape index (κ2) is 6.31. The third kappa shape index (κ3) is 2.79. The minimum Gasteiger partial charge on any atom is -0.289 e. The summed E-state index contributed by atoms with van der Waals surface area (Å²) < 4.78 is 27.1. The summed E-state index contributed by atoms with van der Waals surface area (Å²) in [5, 5.41) is 9.64. The number of fused-ring (bicyclic) bond motifs is 1. The highest BCUT2D eigenvalue weighted by atomic mass is 32.2. The molecule has 0 fully saturated rings. The van der Waals surface area contributed by atoms with Gasteiger partial charge in [-0.1, -0.05) is 25.1 Å². The van der Waals surface area contributed by atoms with Crippen molar-refractivity contribution in [1.29, 1.82) is 0 Å². The molecule has 1 aromatic heterocycles. The molecule has 8 heteroatoms. The highest BCUT2D eigenvalue weighted by molar-refractivity contribution is 7.89. The number of aromatic nitrogens is 1. The predicted octanol–water partition coefficient (Wildman–Crippen LogP) is 1.31. The average molecular weight is 347 g/mol. The standard InChI is InChI=1S/C16H17N3O4S/c1-11-4-3-9-19(15(11)16(20)18-21)24(22,23)13-6-7-14-12(10-13)5-2-8-17-14/h2-8,10-11,15,21H,9H2,1H3,(H,18,20). The summed E-state index contributed by atoms with van der Waals surface area (Å²) in [6.07, 6.45) is 5.09. The van der Waals surface area contributed by atoms with E-state index in [1.54, 1.807) is 49.0 Å². The SMILES string of the molecule is CC1C=CCN(S(=O)(=O)c2ccc3ncccc3c2)C1C(=O)NO. The molecule has 0 saturated heterocycles. The number of hydrogen-bond donors (Lipinski definition) is 2. The lowest BCUT2D eigenvalue weighted by Crippen LogP contribution is -2.53. The molecular formula is C16H17N3O4S. The number of carbonyl (C=O) groups is 1. The molecule has 2 heterocycles. The van der Waals surface area contributed by atoms with Gasteiger partial charge >= 0.3 is 0 Å². The molecule has 2 aromatic rings. The molecule has 1 aromatic carbocycles. The molecule has 1 amide bonds. The number of pyridine rings is 1. The van der Waals surface area contributed by atoms with Crippen LogP contribution in [0.15, 0.2) is 53.6 Å². The van der Waals surface area contributed by atoms with Crippen molar-refractivity contribution >= 4 is 26.8 Å². The molecule has 2 unspecified atom stereocenters. The molecule has 126 valence electrons. The van der Waals surface area contributed by atoms with E-state index in [9.17, 15) is 13.2 Å². The first-order chi connectivity index (χ1) is 11.4. The van der Waals surface area contributed by atoms with Crippen LogP contribution in [0.2, 0.25) is 0 Å². The lowest BCUT2D eigenvalue weighted by molar-refractivity contribution is -0.134. The van der Waals surface area contributed by atoms with Crippen molar-refractivity contribution in [1.82, 2.24) is 14.8 Å². The summed E-state index contributed by atoms with van der Waals surface area (Å²) in [5.41, 5.74) is 2.25. The lowest BCUT2D eigenvalue weighted by Gasteiger charge is -2.34. The summed E-state index contributed by atoms with van der Waals surface area (Å²) in [7, 11) is -3.91. The number of nitrogens with one attached hydrogen (secondary N) is 1. The zero-order valence-electron chi connectivity index (χ0n) is 13.0. The van der Waals surface area contributed by atoms with E-state index < -0.39 is 22.0 Å². The van der Waals surface area contributed by atoms with Crippen molar-refractivity contribution in [3.05, 3.63) is 48.7 Å². The van der Waals surface area contributed by atoms with Crippen molar-refractivity contribution in [2.45, 2.75) is 17.9 Å². The lowest BCUT2D eigenvalue weighted by atomic mass is 9.98. The Hall–Kier alpha value is -2.29. The monoisotopic (exact) mass is 347 g/mol. The number of rotatable bonds is 3. The number of nitrogens with zero attached hydrogens (tertiary/aromatic N) is 2. The van der Waals surface area contributed by atoms with Gasteiger partial charge in [0, 0.05) is 18.1 Å². The van der Waals surface area contributed by atoms with Gasteiger partial charge in [0.15, 0.2) is 0 Å². The molecule has 1 aliphatic rings. The topological polar surface area (TPSA) is 99.6 Å². The van der Waals surface area contributed by atoms with E-state index in [2.05, 4.69) is 4.98 Å². The Morgan fingerprint density at radius 1 is 1.38 bits per heavy atom. The second-order valence-electron chi connectivity index (χ2n) is 5.64. The van der Waals surface area contributed by atoms with Gasteiger partial charge in [0.1, 0.15) is 6.04 Å². The number of carbonyl (C=O) groups excluding carboxylic acids is 1. The van der Waals surface area contributed by atoms with E-state index in [0.717, 1.165) is 4.31 Å². The Morgan fingerprint density at radius 3 is 2.92 bits per heavy atom. The summed E-state index contributed by atoms with van der Waals surface area (Å²) in [5.74, 6) is -1.11. The van der Waals surface area contributed by atoms with Crippen LogP contribution in [0, 0.1) is 5.92 Å². The molecule has 0 saturated carbocycles. The third-order valence-corrected chi connectivity index (χ3v) is 5.94. The molecule has 3 rings (SSSR count). The van der Waals surface area contributed by atoms with Gasteiger partial charge in [-0.25, -0.2) is 13.9 Å². The largest absolute Gasteiger partial charge is 0.289 e. The van der Waals surface area contributed by atoms with Gasteiger partial charge in [-0.05, 0) is 30.2 Å². The quantitative estimate of drug-likeness (QED) is 0.495. The van der Waals surface area contributed by atoms with Crippen molar-refractivity contribution < 1.29 is 18.4 Å². The summed E-state index contributed by atoms with van der Waals surface area (Å²) in [6, 6.07) is 7.14. The van der Waals surface area contributed by atoms with Crippen LogP contribution in [0.4, 0.5) is 0 Å². The smallest absolute Gasteiger partial charge is 0.262 e. The molecular weight excluding hydrogens is 330 g/mol. The number of sulfonamides is 1. The molecule has 2 N–H and O–H groups in total. The minimum atomic E-state index is -3.91. The van der Waals surface area contributed by atoms with Gasteiger partial charge in [0.25, 0.3) is 5.91 Å². The van der Waals surface area contributed by atoms with Crippen LogP contribution in [0.25, 0.3) is 10.9 Å². The number of hydroxylamine groups is 1. The molecule has 1 aliphatic heterocycles. The van der Waals surface area contributed by atoms with E-state index in [0.29, 0.717) is 10.9 Å². The fraction of sp³-hybridized carbons (Fsp3) is 0.250. The Morgan fingerprint density at radius 2 is 2.17 bits per heavy atom. The Kier molecular flexibility index (Phi) is 4.35. The van der Waals surface area contributed by atoms with Crippen LogP contribution in [0.3, 0.4) is 0 Å². The summed E-state index contributed by atoms with van der Waals surface area (Å²) in [6.45, 7) is 1.79. The van der Waals surface area contributed by atoms with Crippen molar-refractivity contribution in [2.24, 2.45) is 5.92 Å². The summed E-state index contributed by atoms with van der Waals surface area (Å²) >= 11 is 0. The highest BCUT2D eigenvalue weighted by Gasteiger charge is 2.39. The second-order valence-corrected chi connectivity index (χ2v) is 7.53. The zero-order valence-corrected chi connectivity index (χ0v) is 13.8. The van der Waals surface area contributed by atoms with Gasteiger partial charge in [0.2, 0.25) is 10.0 Å². The van der Waals surface area contributed by atoms with Crippen LogP contribution in [0.1, 0.15) is 6.92 Å². The van der Waals surface area contributed by atoms with Gasteiger partial charge in [-0.2, -0.15) is 4.31 Å². The molecule has 0 spiro atoms. The Bertz CT molecular complexity index is 910. The number of hydrogen-bond acceptors (Lipinski definition) is 5. The Balaban J connectivity index is 2.07. The number of amides is 1. The van der Waals surface area contributed by atoms with Gasteiger partial charge in [0.05, 0.1) is 10.4 Å². The first-order valence-electron chi connectivity index (χ1n) is 7.42. The van der Waals surface area contributed by atoms with E-state index >= 15 is 0 Å². The molecule has 0 bridgehead atoms. The first-order valence-corrected chi connectivity index (χ1v) is 8.86. The van der Waals surface area contributed by atoms with Gasteiger partial charge in [-0.15, -0.1) is 0 Å². The number of benzene rings is 1. The molecule has 7 nitrogen and oxygen atoms in total.